The van der Waals surface area contributed by atoms with Crippen LogP contribution in [-0.2, 0) is 4.79 Å². The molecule has 1 atom stereocenters. The van der Waals surface area contributed by atoms with Crippen LogP contribution in [0.1, 0.15) is 6.92 Å². The maximum absolute atomic E-state index is 11.8. The molecule has 21 heavy (non-hydrogen) atoms. The zero-order chi connectivity index (χ0) is 15.4. The molecule has 2 aromatic rings. The van der Waals surface area contributed by atoms with Crippen molar-refractivity contribution in [3.05, 3.63) is 35.5 Å². The van der Waals surface area contributed by atoms with Gasteiger partial charge >= 0.3 is 12.0 Å². The second-order valence-corrected chi connectivity index (χ2v) is 4.98. The van der Waals surface area contributed by atoms with Crippen LogP contribution in [0.25, 0.3) is 10.9 Å². The molecule has 3 N–H and O–H groups in total. The maximum Gasteiger partial charge on any atom is 0.319 e. The van der Waals surface area contributed by atoms with E-state index in [4.69, 9.17) is 16.7 Å². The topological polar surface area (TPSA) is 91.3 Å². The normalized spacial score (nSPS) is 11.9. The van der Waals surface area contributed by atoms with E-state index in [-0.39, 0.29) is 6.54 Å². The average molecular weight is 308 g/mol. The number of anilines is 1. The van der Waals surface area contributed by atoms with Gasteiger partial charge in [-0.3, -0.25) is 9.78 Å². The van der Waals surface area contributed by atoms with Crippen molar-refractivity contribution in [3.63, 3.8) is 0 Å². The Morgan fingerprint density at radius 2 is 2.14 bits per heavy atom. The quantitative estimate of drug-likeness (QED) is 0.810. The highest BCUT2D eigenvalue weighted by molar-refractivity contribution is 6.35. The minimum atomic E-state index is -0.964. The van der Waals surface area contributed by atoms with E-state index < -0.39 is 17.9 Å². The van der Waals surface area contributed by atoms with Gasteiger partial charge in [0.25, 0.3) is 0 Å². The number of nitrogens with zero attached hydrogens (tertiary/aromatic N) is 1. The largest absolute Gasteiger partial charge is 0.481 e. The summed E-state index contributed by atoms with van der Waals surface area (Å²) in [6.07, 6.45) is 1.61. The first-order valence-electron chi connectivity index (χ1n) is 6.30. The van der Waals surface area contributed by atoms with Crippen molar-refractivity contribution < 1.29 is 14.7 Å². The fraction of sp³-hybridized carbons (Fsp3) is 0.214. The Labute approximate surface area is 126 Å². The van der Waals surface area contributed by atoms with Crippen LogP contribution in [0.2, 0.25) is 5.02 Å². The van der Waals surface area contributed by atoms with Crippen LogP contribution in [0, 0.1) is 5.92 Å². The summed E-state index contributed by atoms with van der Waals surface area (Å²) >= 11 is 6.07. The van der Waals surface area contributed by atoms with Gasteiger partial charge in [-0.25, -0.2) is 4.79 Å². The van der Waals surface area contributed by atoms with Gasteiger partial charge in [0.05, 0.1) is 22.1 Å². The molecular weight excluding hydrogens is 294 g/mol. The number of aliphatic carboxylic acids is 1. The molecule has 1 heterocycles. The van der Waals surface area contributed by atoms with E-state index in [0.29, 0.717) is 16.2 Å². The summed E-state index contributed by atoms with van der Waals surface area (Å²) in [4.78, 5) is 26.7. The van der Waals surface area contributed by atoms with E-state index in [2.05, 4.69) is 15.6 Å². The molecule has 0 bridgehead atoms. The summed E-state index contributed by atoms with van der Waals surface area (Å²) in [7, 11) is 0. The maximum atomic E-state index is 11.8. The number of pyridine rings is 1. The molecule has 110 valence electrons. The average Bonchev–Trinajstić information content (AvgIpc) is 2.48. The van der Waals surface area contributed by atoms with Gasteiger partial charge in [0.1, 0.15) is 0 Å². The molecular formula is C14H14ClN3O3. The number of carboxylic acid groups (broad SMARTS) is 1. The molecule has 0 aliphatic carbocycles. The summed E-state index contributed by atoms with van der Waals surface area (Å²) in [5.41, 5.74) is 1.09. The second kappa shape index (κ2) is 6.41. The second-order valence-electron chi connectivity index (χ2n) is 4.57. The van der Waals surface area contributed by atoms with Crippen molar-refractivity contribution in [3.8, 4) is 0 Å². The van der Waals surface area contributed by atoms with E-state index in [1.165, 1.54) is 6.92 Å². The highest BCUT2D eigenvalue weighted by Crippen LogP contribution is 2.27. The first-order chi connectivity index (χ1) is 9.99. The lowest BCUT2D eigenvalue weighted by atomic mass is 10.2. The smallest absolute Gasteiger partial charge is 0.319 e. The lowest BCUT2D eigenvalue weighted by Gasteiger charge is -2.11. The van der Waals surface area contributed by atoms with Gasteiger partial charge in [0, 0.05) is 18.1 Å². The molecule has 0 aliphatic rings. The SMILES string of the molecule is CC(CNC(=O)Nc1ccc(Cl)c2cccnc12)C(=O)O. The predicted molar refractivity (Wildman–Crippen MR) is 80.6 cm³/mol. The Bertz CT molecular complexity index is 690. The minimum Gasteiger partial charge on any atom is -0.481 e. The number of halogens is 1. The van der Waals surface area contributed by atoms with Gasteiger partial charge in [-0.1, -0.05) is 18.5 Å². The monoisotopic (exact) mass is 307 g/mol. The van der Waals surface area contributed by atoms with Crippen molar-refractivity contribution in [2.75, 3.05) is 11.9 Å². The third-order valence-electron chi connectivity index (χ3n) is 2.96. The number of carbonyl (C=O) groups is 2. The van der Waals surface area contributed by atoms with E-state index in [9.17, 15) is 9.59 Å². The first kappa shape index (κ1) is 15.1. The third-order valence-corrected chi connectivity index (χ3v) is 3.28. The number of aromatic nitrogens is 1. The molecule has 0 radical (unpaired) electrons. The fourth-order valence-electron chi connectivity index (χ4n) is 1.74. The number of fused-ring (bicyclic) bond motifs is 1. The molecule has 0 saturated carbocycles. The van der Waals surface area contributed by atoms with Gasteiger partial charge in [-0.2, -0.15) is 0 Å². The molecule has 7 heteroatoms. The number of hydrogen-bond donors (Lipinski definition) is 3. The lowest BCUT2D eigenvalue weighted by Crippen LogP contribution is -2.34. The van der Waals surface area contributed by atoms with Crippen molar-refractivity contribution in [2.24, 2.45) is 5.92 Å². The number of nitrogens with one attached hydrogen (secondary N) is 2. The first-order valence-corrected chi connectivity index (χ1v) is 6.67. The fourth-order valence-corrected chi connectivity index (χ4v) is 1.95. The standard InChI is InChI=1S/C14H14ClN3O3/c1-8(13(19)20)7-17-14(21)18-11-5-4-10(15)9-3-2-6-16-12(9)11/h2-6,8H,7H2,1H3,(H,19,20)(H2,17,18,21). The van der Waals surface area contributed by atoms with Crippen molar-refractivity contribution in [1.29, 1.82) is 0 Å². The van der Waals surface area contributed by atoms with Gasteiger partial charge in [-0.05, 0) is 24.3 Å². The van der Waals surface area contributed by atoms with Crippen LogP contribution < -0.4 is 10.6 Å². The van der Waals surface area contributed by atoms with Gasteiger partial charge in [0.2, 0.25) is 0 Å². The van der Waals surface area contributed by atoms with Crippen LogP contribution >= 0.6 is 11.6 Å². The van der Waals surface area contributed by atoms with Crippen LogP contribution in [0.5, 0.6) is 0 Å². The van der Waals surface area contributed by atoms with Crippen LogP contribution in [0.3, 0.4) is 0 Å². The van der Waals surface area contributed by atoms with Crippen molar-refractivity contribution in [2.45, 2.75) is 6.92 Å². The van der Waals surface area contributed by atoms with E-state index >= 15 is 0 Å². The predicted octanol–water partition coefficient (Wildman–Crippen LogP) is 2.73. The van der Waals surface area contributed by atoms with Crippen molar-refractivity contribution >= 4 is 40.2 Å². The number of carbonyl (C=O) groups excluding carboxylic acids is 1. The van der Waals surface area contributed by atoms with Crippen LogP contribution in [-0.4, -0.2) is 28.6 Å². The number of amides is 2. The lowest BCUT2D eigenvalue weighted by molar-refractivity contribution is -0.140. The molecule has 2 rings (SSSR count). The molecule has 0 saturated heterocycles. The molecule has 1 unspecified atom stereocenters. The molecule has 1 aromatic heterocycles. The Morgan fingerprint density at radius 3 is 2.86 bits per heavy atom. The summed E-state index contributed by atoms with van der Waals surface area (Å²) in [6.45, 7) is 1.56. The van der Waals surface area contributed by atoms with Gasteiger partial charge in [0.15, 0.2) is 0 Å². The van der Waals surface area contributed by atoms with E-state index in [1.54, 1.807) is 30.5 Å². The van der Waals surface area contributed by atoms with Crippen molar-refractivity contribution in [1.82, 2.24) is 10.3 Å². The Balaban J connectivity index is 2.11. The third kappa shape index (κ3) is 3.61. The van der Waals surface area contributed by atoms with Gasteiger partial charge < -0.3 is 15.7 Å². The van der Waals surface area contributed by atoms with E-state index in [1.807, 2.05) is 0 Å². The Kier molecular flexibility index (Phi) is 4.59. The summed E-state index contributed by atoms with van der Waals surface area (Å²) in [5, 5.41) is 15.2. The molecule has 2 amide bonds. The van der Waals surface area contributed by atoms with E-state index in [0.717, 1.165) is 5.39 Å². The molecule has 6 nitrogen and oxygen atoms in total. The Morgan fingerprint density at radius 1 is 1.38 bits per heavy atom. The van der Waals surface area contributed by atoms with Gasteiger partial charge in [-0.15, -0.1) is 0 Å². The number of benzene rings is 1. The zero-order valence-corrected chi connectivity index (χ0v) is 12.0. The summed E-state index contributed by atoms with van der Waals surface area (Å²) in [5.74, 6) is -1.62. The summed E-state index contributed by atoms with van der Waals surface area (Å²) in [6, 6.07) is 6.39. The molecule has 0 fully saturated rings. The molecule has 0 spiro atoms. The highest BCUT2D eigenvalue weighted by atomic mass is 35.5. The summed E-state index contributed by atoms with van der Waals surface area (Å²) < 4.78 is 0. The zero-order valence-electron chi connectivity index (χ0n) is 11.3. The Hall–Kier alpha value is -2.34. The number of urea groups is 1. The van der Waals surface area contributed by atoms with Crippen LogP contribution in [0.4, 0.5) is 10.5 Å². The number of carboxylic acids is 1. The van der Waals surface area contributed by atoms with Crippen LogP contribution in [0.15, 0.2) is 30.5 Å². The minimum absolute atomic E-state index is 0.0418. The highest BCUT2D eigenvalue weighted by Gasteiger charge is 2.13. The molecule has 1 aromatic carbocycles. The number of hydrogen-bond acceptors (Lipinski definition) is 3. The number of rotatable bonds is 4. The molecule has 0 aliphatic heterocycles.